The van der Waals surface area contributed by atoms with Crippen molar-refractivity contribution in [3.05, 3.63) is 23.8 Å². The van der Waals surface area contributed by atoms with Crippen LogP contribution in [0.3, 0.4) is 0 Å². The highest BCUT2D eigenvalue weighted by molar-refractivity contribution is 5.24. The molecule has 2 nitrogen and oxygen atoms in total. The lowest BCUT2D eigenvalue weighted by Crippen LogP contribution is -2.35. The summed E-state index contributed by atoms with van der Waals surface area (Å²) in [6.07, 6.45) is 6.48. The van der Waals surface area contributed by atoms with Gasteiger partial charge >= 0.3 is 0 Å². The minimum Gasteiger partial charge on any atom is -0.389 e. The van der Waals surface area contributed by atoms with Gasteiger partial charge in [-0.25, -0.2) is 0 Å². The minimum atomic E-state index is -0.886. The summed E-state index contributed by atoms with van der Waals surface area (Å²) < 4.78 is 0. The van der Waals surface area contributed by atoms with E-state index in [1.165, 1.54) is 5.57 Å². The van der Waals surface area contributed by atoms with Crippen LogP contribution in [-0.4, -0.2) is 21.9 Å². The summed E-state index contributed by atoms with van der Waals surface area (Å²) in [6, 6.07) is 0. The maximum absolute atomic E-state index is 10.4. The molecule has 86 valence electrons. The predicted molar refractivity (Wildman–Crippen MR) is 62.5 cm³/mol. The van der Waals surface area contributed by atoms with E-state index in [9.17, 15) is 10.2 Å². The smallest absolute Gasteiger partial charge is 0.102 e. The van der Waals surface area contributed by atoms with Crippen molar-refractivity contribution < 1.29 is 10.2 Å². The van der Waals surface area contributed by atoms with Gasteiger partial charge in [-0.1, -0.05) is 37.6 Å². The lowest BCUT2D eigenvalue weighted by atomic mass is 9.71. The molecule has 1 aliphatic carbocycles. The summed E-state index contributed by atoms with van der Waals surface area (Å²) in [4.78, 5) is 0. The van der Waals surface area contributed by atoms with Gasteiger partial charge in [0.25, 0.3) is 0 Å². The van der Waals surface area contributed by atoms with Crippen molar-refractivity contribution in [1.29, 1.82) is 0 Å². The predicted octanol–water partition coefficient (Wildman–Crippen LogP) is 2.42. The van der Waals surface area contributed by atoms with Crippen molar-refractivity contribution in [3.63, 3.8) is 0 Å². The van der Waals surface area contributed by atoms with Crippen molar-refractivity contribution >= 4 is 0 Å². The summed E-state index contributed by atoms with van der Waals surface area (Å²) in [7, 11) is 0. The van der Waals surface area contributed by atoms with E-state index in [1.807, 2.05) is 13.0 Å². The zero-order valence-electron chi connectivity index (χ0n) is 10.1. The average molecular weight is 210 g/mol. The fourth-order valence-corrected chi connectivity index (χ4v) is 2.53. The number of rotatable bonds is 2. The van der Waals surface area contributed by atoms with E-state index in [0.717, 1.165) is 6.42 Å². The topological polar surface area (TPSA) is 40.5 Å². The molecule has 0 amide bonds. The second-order valence-electron chi connectivity index (χ2n) is 5.60. The lowest BCUT2D eigenvalue weighted by molar-refractivity contribution is 0.0719. The summed E-state index contributed by atoms with van der Waals surface area (Å²) in [6.45, 7) is 8.04. The van der Waals surface area contributed by atoms with E-state index < -0.39 is 11.7 Å². The van der Waals surface area contributed by atoms with Crippen LogP contribution in [0.5, 0.6) is 0 Å². The van der Waals surface area contributed by atoms with E-state index in [0.29, 0.717) is 6.42 Å². The van der Waals surface area contributed by atoms with Crippen molar-refractivity contribution in [3.8, 4) is 0 Å². The van der Waals surface area contributed by atoms with Gasteiger partial charge in [-0.3, -0.25) is 0 Å². The zero-order chi connectivity index (χ0) is 11.7. The van der Waals surface area contributed by atoms with Gasteiger partial charge in [0.1, 0.15) is 5.60 Å². The van der Waals surface area contributed by atoms with Gasteiger partial charge in [0.15, 0.2) is 0 Å². The maximum Gasteiger partial charge on any atom is 0.102 e. The highest BCUT2D eigenvalue weighted by atomic mass is 16.3. The van der Waals surface area contributed by atoms with Crippen molar-refractivity contribution in [2.75, 3.05) is 0 Å². The molecular weight excluding hydrogens is 188 g/mol. The highest BCUT2D eigenvalue weighted by Gasteiger charge is 2.35. The van der Waals surface area contributed by atoms with Crippen LogP contribution < -0.4 is 0 Å². The van der Waals surface area contributed by atoms with Crippen molar-refractivity contribution in [2.24, 2.45) is 5.41 Å². The van der Waals surface area contributed by atoms with Gasteiger partial charge in [-0.2, -0.15) is 0 Å². The molecule has 0 saturated carbocycles. The summed E-state index contributed by atoms with van der Waals surface area (Å²) in [5.41, 5.74) is 0.448. The van der Waals surface area contributed by atoms with E-state index in [-0.39, 0.29) is 5.41 Å². The van der Waals surface area contributed by atoms with Gasteiger partial charge in [0.2, 0.25) is 0 Å². The van der Waals surface area contributed by atoms with Gasteiger partial charge in [-0.15, -0.1) is 0 Å². The Morgan fingerprint density at radius 2 is 2.07 bits per heavy atom. The van der Waals surface area contributed by atoms with Crippen LogP contribution >= 0.6 is 0 Å². The van der Waals surface area contributed by atoms with Crippen LogP contribution in [0.2, 0.25) is 0 Å². The van der Waals surface area contributed by atoms with Gasteiger partial charge in [0.05, 0.1) is 6.10 Å². The summed E-state index contributed by atoms with van der Waals surface area (Å²) >= 11 is 0. The third-order valence-electron chi connectivity index (χ3n) is 2.68. The average Bonchev–Trinajstić information content (AvgIpc) is 1.96. The fraction of sp³-hybridized carbons (Fsp3) is 0.692. The monoisotopic (exact) mass is 210 g/mol. The van der Waals surface area contributed by atoms with E-state index in [4.69, 9.17) is 0 Å². The molecule has 2 heteroatoms. The summed E-state index contributed by atoms with van der Waals surface area (Å²) in [5, 5.41) is 19.5. The Labute approximate surface area is 92.3 Å². The molecule has 0 aromatic rings. The number of aliphatic hydroxyl groups excluding tert-OH is 1. The molecule has 2 atom stereocenters. The normalized spacial score (nSPS) is 32.8. The first kappa shape index (κ1) is 12.5. The molecule has 0 aromatic carbocycles. The van der Waals surface area contributed by atoms with Gasteiger partial charge in [-0.05, 0) is 32.1 Å². The largest absolute Gasteiger partial charge is 0.389 e. The first-order valence-corrected chi connectivity index (χ1v) is 5.51. The van der Waals surface area contributed by atoms with Gasteiger partial charge < -0.3 is 10.2 Å². The third kappa shape index (κ3) is 3.80. The van der Waals surface area contributed by atoms with Crippen LogP contribution in [0.15, 0.2) is 23.8 Å². The zero-order valence-corrected chi connectivity index (χ0v) is 10.1. The Balaban J connectivity index is 2.89. The molecule has 0 heterocycles. The molecule has 2 N–H and O–H groups in total. The Morgan fingerprint density at radius 1 is 1.47 bits per heavy atom. The van der Waals surface area contributed by atoms with Crippen LogP contribution in [0.25, 0.3) is 0 Å². The van der Waals surface area contributed by atoms with E-state index in [1.54, 1.807) is 19.1 Å². The van der Waals surface area contributed by atoms with Crippen LogP contribution in [-0.2, 0) is 0 Å². The second kappa shape index (κ2) is 4.11. The molecule has 0 radical (unpaired) electrons. The molecule has 2 unspecified atom stereocenters. The molecule has 15 heavy (non-hydrogen) atoms. The Hall–Kier alpha value is -0.600. The molecule has 0 fully saturated rings. The molecule has 0 aromatic heterocycles. The van der Waals surface area contributed by atoms with Crippen LogP contribution in [0.4, 0.5) is 0 Å². The SMILES string of the molecule is CC1=CC(O)(/C=C\C(C)O)CC(C)(C)C1. The number of aliphatic hydroxyl groups is 2. The molecule has 0 aliphatic heterocycles. The maximum atomic E-state index is 10.4. The second-order valence-corrected chi connectivity index (χ2v) is 5.60. The molecule has 1 rings (SSSR count). The molecule has 0 bridgehead atoms. The number of allylic oxidation sites excluding steroid dienone is 1. The molecular formula is C13H22O2. The van der Waals surface area contributed by atoms with Crippen LogP contribution in [0.1, 0.15) is 40.5 Å². The highest BCUT2D eigenvalue weighted by Crippen LogP contribution is 2.40. The van der Waals surface area contributed by atoms with E-state index in [2.05, 4.69) is 13.8 Å². The Morgan fingerprint density at radius 3 is 2.53 bits per heavy atom. The first-order chi connectivity index (χ1) is 6.72. The third-order valence-corrected chi connectivity index (χ3v) is 2.68. The molecule has 0 spiro atoms. The molecule has 1 aliphatic rings. The first-order valence-electron chi connectivity index (χ1n) is 5.51. The Bertz CT molecular complexity index is 287. The van der Waals surface area contributed by atoms with Crippen molar-refractivity contribution in [1.82, 2.24) is 0 Å². The Kier molecular flexibility index (Phi) is 3.41. The standard InChI is InChI=1S/C13H22O2/c1-10-7-12(3,4)9-13(15,8-10)6-5-11(2)14/h5-6,8,11,14-15H,7,9H2,1-4H3/b6-5-. The lowest BCUT2D eigenvalue weighted by Gasteiger charge is -2.38. The fourth-order valence-electron chi connectivity index (χ4n) is 2.53. The number of hydrogen-bond acceptors (Lipinski definition) is 2. The minimum absolute atomic E-state index is 0.122. The van der Waals surface area contributed by atoms with Crippen LogP contribution in [0, 0.1) is 5.41 Å². The quantitative estimate of drug-likeness (QED) is 0.687. The van der Waals surface area contributed by atoms with Crippen molar-refractivity contribution in [2.45, 2.75) is 52.2 Å². The molecule has 0 saturated heterocycles. The van der Waals surface area contributed by atoms with E-state index >= 15 is 0 Å². The summed E-state index contributed by atoms with van der Waals surface area (Å²) in [5.74, 6) is 0. The number of hydrogen-bond donors (Lipinski definition) is 2. The van der Waals surface area contributed by atoms with Gasteiger partial charge in [0, 0.05) is 0 Å².